The Bertz CT molecular complexity index is 696. The summed E-state index contributed by atoms with van der Waals surface area (Å²) in [5, 5.41) is 8.82. The third-order valence-electron chi connectivity index (χ3n) is 2.63. The van der Waals surface area contributed by atoms with Crippen LogP contribution in [0.5, 0.6) is 5.75 Å². The summed E-state index contributed by atoms with van der Waals surface area (Å²) in [4.78, 5) is 23.0. The molecule has 0 heterocycles. The molecular weight excluding hydrogens is 254 g/mol. The standard InChI is InChI=1S/C16H11NO3/c1-11(18)20-15-7-5-13(6-8-15)16(19)14-4-2-3-12(9-14)10-17/h2-9H,1H3. The molecule has 0 radical (unpaired) electrons. The number of rotatable bonds is 3. The van der Waals surface area contributed by atoms with Crippen LogP contribution in [0.25, 0.3) is 0 Å². The number of hydrogen-bond donors (Lipinski definition) is 0. The number of esters is 1. The van der Waals surface area contributed by atoms with Gasteiger partial charge in [0.15, 0.2) is 5.78 Å². The fourth-order valence-corrected chi connectivity index (χ4v) is 1.74. The molecule has 0 spiro atoms. The molecule has 0 aromatic heterocycles. The lowest BCUT2D eigenvalue weighted by atomic mass is 10.0. The first-order valence-electron chi connectivity index (χ1n) is 5.93. The van der Waals surface area contributed by atoms with Crippen LogP contribution in [0.2, 0.25) is 0 Å². The molecule has 2 rings (SSSR count). The first kappa shape index (κ1) is 13.5. The van der Waals surface area contributed by atoms with E-state index >= 15 is 0 Å². The van der Waals surface area contributed by atoms with Crippen LogP contribution in [0, 0.1) is 11.3 Å². The number of carbonyl (C=O) groups excluding carboxylic acids is 2. The summed E-state index contributed by atoms with van der Waals surface area (Å²) in [6.07, 6.45) is 0. The van der Waals surface area contributed by atoms with Crippen molar-refractivity contribution < 1.29 is 14.3 Å². The van der Waals surface area contributed by atoms with Gasteiger partial charge in [-0.15, -0.1) is 0 Å². The van der Waals surface area contributed by atoms with Crippen molar-refractivity contribution in [3.8, 4) is 11.8 Å². The summed E-state index contributed by atoms with van der Waals surface area (Å²) in [5.74, 6) is -0.206. The number of nitriles is 1. The molecule has 0 saturated carbocycles. The zero-order valence-electron chi connectivity index (χ0n) is 10.8. The van der Waals surface area contributed by atoms with E-state index in [9.17, 15) is 9.59 Å². The van der Waals surface area contributed by atoms with Crippen LogP contribution in [0.15, 0.2) is 48.5 Å². The van der Waals surface area contributed by atoms with E-state index in [1.54, 1.807) is 48.5 Å². The number of ether oxygens (including phenoxy) is 1. The van der Waals surface area contributed by atoms with Crippen LogP contribution in [-0.2, 0) is 4.79 Å². The van der Waals surface area contributed by atoms with Gasteiger partial charge in [-0.2, -0.15) is 5.26 Å². The first-order valence-corrected chi connectivity index (χ1v) is 5.93. The summed E-state index contributed by atoms with van der Waals surface area (Å²) in [7, 11) is 0. The molecule has 0 N–H and O–H groups in total. The predicted molar refractivity (Wildman–Crippen MR) is 72.3 cm³/mol. The van der Waals surface area contributed by atoms with Crippen LogP contribution in [0.4, 0.5) is 0 Å². The third-order valence-corrected chi connectivity index (χ3v) is 2.63. The Morgan fingerprint density at radius 2 is 1.75 bits per heavy atom. The topological polar surface area (TPSA) is 67.2 Å². The van der Waals surface area contributed by atoms with Gasteiger partial charge in [-0.05, 0) is 36.4 Å². The molecule has 0 amide bonds. The maximum absolute atomic E-state index is 12.2. The first-order chi connectivity index (χ1) is 9.60. The van der Waals surface area contributed by atoms with E-state index in [4.69, 9.17) is 10.00 Å². The third kappa shape index (κ3) is 3.09. The van der Waals surface area contributed by atoms with E-state index < -0.39 is 5.97 Å². The molecular formula is C16H11NO3. The van der Waals surface area contributed by atoms with Gasteiger partial charge < -0.3 is 4.74 Å². The molecule has 0 saturated heterocycles. The number of nitrogens with zero attached hydrogens (tertiary/aromatic N) is 1. The Kier molecular flexibility index (Phi) is 3.92. The largest absolute Gasteiger partial charge is 0.427 e. The quantitative estimate of drug-likeness (QED) is 0.486. The van der Waals surface area contributed by atoms with Gasteiger partial charge in [0.05, 0.1) is 11.6 Å². The molecule has 98 valence electrons. The number of ketones is 1. The summed E-state index contributed by atoms with van der Waals surface area (Å²) in [5.41, 5.74) is 1.35. The van der Waals surface area contributed by atoms with Gasteiger partial charge >= 0.3 is 5.97 Å². The van der Waals surface area contributed by atoms with E-state index in [1.165, 1.54) is 6.92 Å². The van der Waals surface area contributed by atoms with Crippen molar-refractivity contribution in [2.75, 3.05) is 0 Å². The highest BCUT2D eigenvalue weighted by atomic mass is 16.5. The fourth-order valence-electron chi connectivity index (χ4n) is 1.74. The second kappa shape index (κ2) is 5.81. The van der Waals surface area contributed by atoms with Crippen LogP contribution in [0.3, 0.4) is 0 Å². The summed E-state index contributed by atoms with van der Waals surface area (Å²) < 4.78 is 4.90. The lowest BCUT2D eigenvalue weighted by Gasteiger charge is -2.04. The Balaban J connectivity index is 2.25. The summed E-state index contributed by atoms with van der Waals surface area (Å²) in [6.45, 7) is 1.31. The molecule has 0 aliphatic rings. The molecule has 0 atom stereocenters. The SMILES string of the molecule is CC(=O)Oc1ccc(C(=O)c2cccc(C#N)c2)cc1. The van der Waals surface area contributed by atoms with Gasteiger partial charge in [-0.3, -0.25) is 9.59 Å². The minimum atomic E-state index is -0.411. The molecule has 4 heteroatoms. The number of benzene rings is 2. The van der Waals surface area contributed by atoms with E-state index in [2.05, 4.69) is 0 Å². The Morgan fingerprint density at radius 3 is 2.35 bits per heavy atom. The number of carbonyl (C=O) groups is 2. The average molecular weight is 265 g/mol. The molecule has 2 aromatic carbocycles. The van der Waals surface area contributed by atoms with E-state index in [0.717, 1.165) is 0 Å². The van der Waals surface area contributed by atoms with Crippen molar-refractivity contribution in [1.29, 1.82) is 5.26 Å². The normalized spacial score (nSPS) is 9.60. The number of hydrogen-bond acceptors (Lipinski definition) is 4. The highest BCUT2D eigenvalue weighted by Gasteiger charge is 2.10. The zero-order valence-corrected chi connectivity index (χ0v) is 10.8. The van der Waals surface area contributed by atoms with Crippen molar-refractivity contribution in [1.82, 2.24) is 0 Å². The molecule has 2 aromatic rings. The molecule has 0 unspecified atom stereocenters. The molecule has 0 aliphatic carbocycles. The predicted octanol–water partition coefficient (Wildman–Crippen LogP) is 2.71. The lowest BCUT2D eigenvalue weighted by Crippen LogP contribution is -2.03. The van der Waals surface area contributed by atoms with Crippen LogP contribution in [0.1, 0.15) is 28.4 Å². The molecule has 0 aliphatic heterocycles. The van der Waals surface area contributed by atoms with Gasteiger partial charge in [0.2, 0.25) is 0 Å². The highest BCUT2D eigenvalue weighted by molar-refractivity contribution is 6.09. The monoisotopic (exact) mass is 265 g/mol. The van der Waals surface area contributed by atoms with E-state index in [1.807, 2.05) is 6.07 Å². The summed E-state index contributed by atoms with van der Waals surface area (Å²) >= 11 is 0. The summed E-state index contributed by atoms with van der Waals surface area (Å²) in [6, 6.07) is 14.8. The molecule has 0 fully saturated rings. The van der Waals surface area contributed by atoms with Gasteiger partial charge in [-0.25, -0.2) is 0 Å². The minimum Gasteiger partial charge on any atom is -0.427 e. The van der Waals surface area contributed by atoms with Gasteiger partial charge in [-0.1, -0.05) is 12.1 Å². The highest BCUT2D eigenvalue weighted by Crippen LogP contribution is 2.16. The maximum Gasteiger partial charge on any atom is 0.308 e. The minimum absolute atomic E-state index is 0.184. The zero-order chi connectivity index (χ0) is 14.5. The van der Waals surface area contributed by atoms with Crippen LogP contribution < -0.4 is 4.74 Å². The Morgan fingerprint density at radius 1 is 1.05 bits per heavy atom. The smallest absolute Gasteiger partial charge is 0.308 e. The van der Waals surface area contributed by atoms with Gasteiger partial charge in [0.1, 0.15) is 5.75 Å². The van der Waals surface area contributed by atoms with Crippen LogP contribution >= 0.6 is 0 Å². The molecule has 20 heavy (non-hydrogen) atoms. The maximum atomic E-state index is 12.2. The second-order valence-corrected chi connectivity index (χ2v) is 4.14. The van der Waals surface area contributed by atoms with Gasteiger partial charge in [0.25, 0.3) is 0 Å². The molecule has 4 nitrogen and oxygen atoms in total. The van der Waals surface area contributed by atoms with Crippen molar-refractivity contribution in [2.45, 2.75) is 6.92 Å². The molecule has 0 bridgehead atoms. The van der Waals surface area contributed by atoms with Crippen molar-refractivity contribution in [2.24, 2.45) is 0 Å². The van der Waals surface area contributed by atoms with E-state index in [0.29, 0.717) is 22.4 Å². The van der Waals surface area contributed by atoms with E-state index in [-0.39, 0.29) is 5.78 Å². The van der Waals surface area contributed by atoms with Crippen molar-refractivity contribution >= 4 is 11.8 Å². The second-order valence-electron chi connectivity index (χ2n) is 4.14. The Labute approximate surface area is 116 Å². The lowest BCUT2D eigenvalue weighted by molar-refractivity contribution is -0.131. The van der Waals surface area contributed by atoms with Crippen LogP contribution in [-0.4, -0.2) is 11.8 Å². The van der Waals surface area contributed by atoms with Crippen molar-refractivity contribution in [3.63, 3.8) is 0 Å². The average Bonchev–Trinajstić information content (AvgIpc) is 2.47. The fraction of sp³-hybridized carbons (Fsp3) is 0.0625. The van der Waals surface area contributed by atoms with Crippen molar-refractivity contribution in [3.05, 3.63) is 65.2 Å². The Hall–Kier alpha value is -2.93. The van der Waals surface area contributed by atoms with Gasteiger partial charge in [0, 0.05) is 18.1 Å².